The third-order valence-corrected chi connectivity index (χ3v) is 4.05. The highest BCUT2D eigenvalue weighted by Gasteiger charge is 2.15. The van der Waals surface area contributed by atoms with E-state index in [2.05, 4.69) is 17.4 Å². The van der Waals surface area contributed by atoms with Crippen molar-refractivity contribution < 1.29 is 14.3 Å². The van der Waals surface area contributed by atoms with E-state index in [-0.39, 0.29) is 5.97 Å². The van der Waals surface area contributed by atoms with E-state index in [1.54, 1.807) is 13.8 Å². The van der Waals surface area contributed by atoms with Crippen molar-refractivity contribution in [1.29, 1.82) is 0 Å². The summed E-state index contributed by atoms with van der Waals surface area (Å²) in [6.45, 7) is 5.04. The quantitative estimate of drug-likeness (QED) is 0.326. The summed E-state index contributed by atoms with van der Waals surface area (Å²) in [5.74, 6) is -0.301. The minimum absolute atomic E-state index is 0.301. The third-order valence-electron chi connectivity index (χ3n) is 4.05. The van der Waals surface area contributed by atoms with E-state index in [9.17, 15) is 9.59 Å². The van der Waals surface area contributed by atoms with Gasteiger partial charge in [-0.2, -0.15) is 0 Å². The number of rotatable bonds is 9. The average Bonchev–Trinajstić information content (AvgIpc) is 2.67. The fraction of sp³-hybridized carbons (Fsp3) is 0.273. The fourth-order valence-corrected chi connectivity index (χ4v) is 2.82. The number of carbonyl (C=O) groups excluding carboxylic acids is 2. The number of benzene rings is 2. The number of esters is 1. The number of aldehydes is 1. The number of carbonyl (C=O) groups is 2. The molecule has 0 saturated carbocycles. The molecular weight excluding hydrogens is 326 g/mol. The lowest BCUT2D eigenvalue weighted by Crippen LogP contribution is -2.19. The highest BCUT2D eigenvalue weighted by molar-refractivity contribution is 6.01. The molecule has 0 spiro atoms. The van der Waals surface area contributed by atoms with Crippen LogP contribution in [0.2, 0.25) is 0 Å². The van der Waals surface area contributed by atoms with Gasteiger partial charge in [0.15, 0.2) is 0 Å². The maximum absolute atomic E-state index is 12.3. The van der Waals surface area contributed by atoms with Gasteiger partial charge in [-0.1, -0.05) is 54.6 Å². The van der Waals surface area contributed by atoms with Crippen molar-refractivity contribution in [3.8, 4) is 0 Å². The molecule has 2 rings (SSSR count). The van der Waals surface area contributed by atoms with E-state index < -0.39 is 0 Å². The topological polar surface area (TPSA) is 55.4 Å². The molecule has 0 amide bonds. The second-order valence-corrected chi connectivity index (χ2v) is 5.91. The highest BCUT2D eigenvalue weighted by atomic mass is 16.5. The Morgan fingerprint density at radius 3 is 2.50 bits per heavy atom. The van der Waals surface area contributed by atoms with Gasteiger partial charge in [0.2, 0.25) is 0 Å². The van der Waals surface area contributed by atoms with Crippen molar-refractivity contribution in [3.05, 3.63) is 76.9 Å². The van der Waals surface area contributed by atoms with Gasteiger partial charge in [0.25, 0.3) is 0 Å². The molecule has 0 bridgehead atoms. The Bertz CT molecular complexity index is 766. The summed E-state index contributed by atoms with van der Waals surface area (Å²) in [6, 6.07) is 18.0. The Morgan fingerprint density at radius 2 is 1.81 bits per heavy atom. The summed E-state index contributed by atoms with van der Waals surface area (Å²) in [6.07, 6.45) is 1.66. The Hall–Kier alpha value is -2.72. The number of ether oxygens (including phenoxy) is 1. The van der Waals surface area contributed by atoms with E-state index in [1.165, 1.54) is 0 Å². The smallest absolute Gasteiger partial charge is 0.334 e. The lowest BCUT2D eigenvalue weighted by Gasteiger charge is -2.14. The fourth-order valence-electron chi connectivity index (χ4n) is 2.82. The number of hydrogen-bond acceptors (Lipinski definition) is 4. The van der Waals surface area contributed by atoms with Gasteiger partial charge in [-0.3, -0.25) is 0 Å². The molecule has 0 radical (unpaired) electrons. The first-order valence-corrected chi connectivity index (χ1v) is 8.84. The molecule has 4 nitrogen and oxygen atoms in total. The van der Waals surface area contributed by atoms with Crippen LogP contribution in [0.3, 0.4) is 0 Å². The standard InChI is InChI=1S/C22H25NO3/c1-3-26-22(25)17(2)21(19-9-5-4-6-10-19)20-11-7-8-18(16-20)12-13-23-14-15-24/h4-11,15-16,23H,3,12-14H2,1-2H3/b21-17+. The maximum atomic E-state index is 12.3. The van der Waals surface area contributed by atoms with Crippen LogP contribution in [0.4, 0.5) is 0 Å². The summed E-state index contributed by atoms with van der Waals surface area (Å²) >= 11 is 0. The van der Waals surface area contributed by atoms with Gasteiger partial charge >= 0.3 is 5.97 Å². The molecule has 0 unspecified atom stereocenters. The van der Waals surface area contributed by atoms with Crippen LogP contribution in [0.25, 0.3) is 5.57 Å². The first-order chi connectivity index (χ1) is 12.7. The van der Waals surface area contributed by atoms with Gasteiger partial charge in [-0.25, -0.2) is 4.79 Å². The SMILES string of the molecule is CCOC(=O)/C(C)=C(\c1ccccc1)c1cccc(CCNCC=O)c1. The molecule has 1 N–H and O–H groups in total. The number of nitrogens with one attached hydrogen (secondary N) is 1. The summed E-state index contributed by atoms with van der Waals surface area (Å²) < 4.78 is 5.21. The van der Waals surface area contributed by atoms with E-state index in [0.29, 0.717) is 18.7 Å². The zero-order chi connectivity index (χ0) is 18.8. The van der Waals surface area contributed by atoms with E-state index >= 15 is 0 Å². The molecule has 0 atom stereocenters. The van der Waals surface area contributed by atoms with Gasteiger partial charge in [0.1, 0.15) is 6.29 Å². The van der Waals surface area contributed by atoms with Crippen LogP contribution in [0.5, 0.6) is 0 Å². The molecule has 0 saturated heterocycles. The predicted octanol–water partition coefficient (Wildman–Crippen LogP) is 3.40. The summed E-state index contributed by atoms with van der Waals surface area (Å²) in [5, 5.41) is 3.07. The molecule has 0 aromatic heterocycles. The van der Waals surface area contributed by atoms with E-state index in [1.807, 2.05) is 42.5 Å². The van der Waals surface area contributed by atoms with Gasteiger partial charge in [0.05, 0.1) is 13.2 Å². The molecule has 0 fully saturated rings. The lowest BCUT2D eigenvalue weighted by atomic mass is 9.92. The largest absolute Gasteiger partial charge is 0.463 e. The highest BCUT2D eigenvalue weighted by Crippen LogP contribution is 2.28. The van der Waals surface area contributed by atoms with Crippen LogP contribution in [0.1, 0.15) is 30.5 Å². The summed E-state index contributed by atoms with van der Waals surface area (Å²) in [7, 11) is 0. The van der Waals surface area contributed by atoms with Crippen LogP contribution in [0, 0.1) is 0 Å². The second kappa shape index (κ2) is 10.3. The predicted molar refractivity (Wildman–Crippen MR) is 104 cm³/mol. The molecule has 0 aliphatic carbocycles. The molecule has 4 heteroatoms. The second-order valence-electron chi connectivity index (χ2n) is 5.91. The third kappa shape index (κ3) is 5.39. The molecule has 0 heterocycles. The molecule has 136 valence electrons. The van der Waals surface area contributed by atoms with Crippen molar-refractivity contribution >= 4 is 17.8 Å². The zero-order valence-corrected chi connectivity index (χ0v) is 15.3. The van der Waals surface area contributed by atoms with E-state index in [0.717, 1.165) is 41.5 Å². The summed E-state index contributed by atoms with van der Waals surface area (Å²) in [5.41, 5.74) is 4.58. The van der Waals surface area contributed by atoms with Crippen molar-refractivity contribution in [2.24, 2.45) is 0 Å². The minimum Gasteiger partial charge on any atom is -0.463 e. The molecule has 0 aliphatic rings. The van der Waals surface area contributed by atoms with Gasteiger partial charge in [-0.05, 0) is 49.1 Å². The first kappa shape index (κ1) is 19.6. The van der Waals surface area contributed by atoms with Crippen LogP contribution < -0.4 is 5.32 Å². The Kier molecular flexibility index (Phi) is 7.77. The normalized spacial score (nSPS) is 11.6. The van der Waals surface area contributed by atoms with Gasteiger partial charge in [-0.15, -0.1) is 0 Å². The lowest BCUT2D eigenvalue weighted by molar-refractivity contribution is -0.138. The van der Waals surface area contributed by atoms with Crippen LogP contribution in [-0.4, -0.2) is 32.0 Å². The van der Waals surface area contributed by atoms with Crippen molar-refractivity contribution in [3.63, 3.8) is 0 Å². The maximum Gasteiger partial charge on any atom is 0.334 e. The zero-order valence-electron chi connectivity index (χ0n) is 15.3. The Balaban J connectivity index is 2.38. The van der Waals surface area contributed by atoms with Crippen LogP contribution in [0.15, 0.2) is 60.2 Å². The van der Waals surface area contributed by atoms with E-state index in [4.69, 9.17) is 4.74 Å². The minimum atomic E-state index is -0.301. The Labute approximate surface area is 154 Å². The molecule has 2 aromatic carbocycles. The molecule has 0 aliphatic heterocycles. The molecule has 2 aromatic rings. The Morgan fingerprint density at radius 1 is 1.08 bits per heavy atom. The monoisotopic (exact) mass is 351 g/mol. The molecule has 26 heavy (non-hydrogen) atoms. The number of hydrogen-bond donors (Lipinski definition) is 1. The van der Waals surface area contributed by atoms with Crippen molar-refractivity contribution in [2.45, 2.75) is 20.3 Å². The van der Waals surface area contributed by atoms with Crippen LogP contribution >= 0.6 is 0 Å². The van der Waals surface area contributed by atoms with Gasteiger partial charge in [0, 0.05) is 5.57 Å². The van der Waals surface area contributed by atoms with Gasteiger partial charge < -0.3 is 14.8 Å². The first-order valence-electron chi connectivity index (χ1n) is 8.84. The average molecular weight is 351 g/mol. The van der Waals surface area contributed by atoms with Crippen LogP contribution in [-0.2, 0) is 20.7 Å². The molecular formula is C22H25NO3. The van der Waals surface area contributed by atoms with Crippen molar-refractivity contribution in [1.82, 2.24) is 5.32 Å². The van der Waals surface area contributed by atoms with Crippen molar-refractivity contribution in [2.75, 3.05) is 19.7 Å². The summed E-state index contributed by atoms with van der Waals surface area (Å²) in [4.78, 5) is 22.7.